The molecule has 0 amide bonds. The Morgan fingerprint density at radius 1 is 1.39 bits per heavy atom. The summed E-state index contributed by atoms with van der Waals surface area (Å²) in [6.07, 6.45) is 2.77. The van der Waals surface area contributed by atoms with Crippen LogP contribution in [0, 0.1) is 5.92 Å². The molecule has 1 unspecified atom stereocenters. The number of nitrogens with one attached hydrogen (secondary N) is 1. The summed E-state index contributed by atoms with van der Waals surface area (Å²) in [7, 11) is 4.19. The van der Waals surface area contributed by atoms with Gasteiger partial charge in [0.1, 0.15) is 0 Å². The number of anilines is 1. The predicted molar refractivity (Wildman–Crippen MR) is 79.6 cm³/mol. The van der Waals surface area contributed by atoms with Gasteiger partial charge in [0.05, 0.1) is 5.69 Å². The third-order valence-electron chi connectivity index (χ3n) is 3.82. The molecule has 0 spiro atoms. The van der Waals surface area contributed by atoms with Gasteiger partial charge in [-0.05, 0) is 38.6 Å². The molecule has 4 heteroatoms. The van der Waals surface area contributed by atoms with Crippen molar-refractivity contribution >= 4 is 16.5 Å². The van der Waals surface area contributed by atoms with Crippen LogP contribution in [0.3, 0.4) is 0 Å². The van der Waals surface area contributed by atoms with Crippen molar-refractivity contribution < 1.29 is 0 Å². The van der Waals surface area contributed by atoms with Crippen molar-refractivity contribution in [3.05, 3.63) is 10.6 Å². The molecule has 1 aromatic rings. The average molecular weight is 267 g/mol. The molecule has 1 aromatic heterocycles. The van der Waals surface area contributed by atoms with E-state index in [1.165, 1.54) is 28.5 Å². The van der Waals surface area contributed by atoms with E-state index < -0.39 is 0 Å². The van der Waals surface area contributed by atoms with Crippen LogP contribution in [-0.2, 0) is 6.54 Å². The molecule has 3 nitrogen and oxygen atoms in total. The Kier molecular flexibility index (Phi) is 4.28. The van der Waals surface area contributed by atoms with Crippen molar-refractivity contribution in [2.45, 2.75) is 52.1 Å². The van der Waals surface area contributed by atoms with Gasteiger partial charge in [-0.3, -0.25) is 0 Å². The first-order valence-corrected chi connectivity index (χ1v) is 7.73. The minimum atomic E-state index is 0.503. The van der Waals surface area contributed by atoms with Crippen molar-refractivity contribution in [3.63, 3.8) is 0 Å². The van der Waals surface area contributed by atoms with Crippen LogP contribution in [0.15, 0.2) is 0 Å². The predicted octanol–water partition coefficient (Wildman–Crippen LogP) is 3.22. The van der Waals surface area contributed by atoms with E-state index in [0.717, 1.165) is 12.5 Å². The second-order valence-electron chi connectivity index (χ2n) is 5.68. The van der Waals surface area contributed by atoms with Gasteiger partial charge in [-0.15, -0.1) is 11.3 Å². The lowest BCUT2D eigenvalue weighted by atomic mass is 10.1. The van der Waals surface area contributed by atoms with E-state index in [-0.39, 0.29) is 0 Å². The third-order valence-corrected chi connectivity index (χ3v) is 4.98. The molecule has 18 heavy (non-hydrogen) atoms. The largest absolute Gasteiger partial charge is 0.348 e. The molecule has 1 heterocycles. The van der Waals surface area contributed by atoms with Crippen LogP contribution < -0.4 is 10.2 Å². The molecule has 1 saturated carbocycles. The van der Waals surface area contributed by atoms with Crippen molar-refractivity contribution in [2.24, 2.45) is 5.92 Å². The quantitative estimate of drug-likeness (QED) is 0.858. The number of thiazole rings is 1. The highest BCUT2D eigenvalue weighted by atomic mass is 32.1. The molecule has 0 bridgehead atoms. The molecule has 0 radical (unpaired) electrons. The number of hydrogen-bond donors (Lipinski definition) is 1. The van der Waals surface area contributed by atoms with Gasteiger partial charge in [-0.25, -0.2) is 4.98 Å². The van der Waals surface area contributed by atoms with E-state index >= 15 is 0 Å². The average Bonchev–Trinajstić information content (AvgIpc) is 3.09. The minimum Gasteiger partial charge on any atom is -0.348 e. The molecule has 0 aliphatic heterocycles. The van der Waals surface area contributed by atoms with Crippen LogP contribution in [-0.4, -0.2) is 25.1 Å². The molecule has 102 valence electrons. The Morgan fingerprint density at radius 3 is 2.56 bits per heavy atom. The van der Waals surface area contributed by atoms with Gasteiger partial charge in [0.25, 0.3) is 0 Å². The molecular weight excluding hydrogens is 242 g/mol. The Hall–Kier alpha value is -0.610. The Labute approximate surface area is 115 Å². The van der Waals surface area contributed by atoms with E-state index in [0.29, 0.717) is 12.0 Å². The zero-order chi connectivity index (χ0) is 13.3. The Bertz CT molecular complexity index is 396. The van der Waals surface area contributed by atoms with Gasteiger partial charge in [0, 0.05) is 24.5 Å². The molecule has 1 N–H and O–H groups in total. The first-order chi connectivity index (χ1) is 8.54. The van der Waals surface area contributed by atoms with Crippen LogP contribution in [0.5, 0.6) is 0 Å². The van der Waals surface area contributed by atoms with Gasteiger partial charge in [-0.1, -0.05) is 13.8 Å². The van der Waals surface area contributed by atoms with Crippen molar-refractivity contribution in [1.29, 1.82) is 0 Å². The summed E-state index contributed by atoms with van der Waals surface area (Å²) in [5.41, 5.74) is 1.26. The molecule has 1 fully saturated rings. The topological polar surface area (TPSA) is 28.2 Å². The fourth-order valence-electron chi connectivity index (χ4n) is 2.31. The fraction of sp³-hybridized carbons (Fsp3) is 0.786. The molecule has 1 aliphatic carbocycles. The lowest BCUT2D eigenvalue weighted by molar-refractivity contribution is 0.607. The maximum absolute atomic E-state index is 4.86. The van der Waals surface area contributed by atoms with E-state index in [4.69, 9.17) is 4.98 Å². The third kappa shape index (κ3) is 2.86. The first kappa shape index (κ1) is 13.8. The highest BCUT2D eigenvalue weighted by molar-refractivity contribution is 7.15. The smallest absolute Gasteiger partial charge is 0.185 e. The molecule has 1 atom stereocenters. The zero-order valence-corrected chi connectivity index (χ0v) is 13.0. The van der Waals surface area contributed by atoms with E-state index in [1.807, 2.05) is 18.4 Å². The zero-order valence-electron chi connectivity index (χ0n) is 12.2. The summed E-state index contributed by atoms with van der Waals surface area (Å²) in [4.78, 5) is 8.62. The molecule has 0 saturated heterocycles. The highest BCUT2D eigenvalue weighted by Gasteiger charge is 2.32. The van der Waals surface area contributed by atoms with Crippen LogP contribution >= 0.6 is 11.3 Å². The first-order valence-electron chi connectivity index (χ1n) is 6.91. The van der Waals surface area contributed by atoms with Crippen LogP contribution in [0.4, 0.5) is 5.13 Å². The van der Waals surface area contributed by atoms with Gasteiger partial charge in [0.2, 0.25) is 0 Å². The second-order valence-corrected chi connectivity index (χ2v) is 6.74. The summed E-state index contributed by atoms with van der Waals surface area (Å²) in [6, 6.07) is 0.624. The maximum atomic E-state index is 4.86. The summed E-state index contributed by atoms with van der Waals surface area (Å²) >= 11 is 1.85. The van der Waals surface area contributed by atoms with Crippen molar-refractivity contribution in [2.75, 3.05) is 19.0 Å². The fourth-order valence-corrected chi connectivity index (χ4v) is 3.59. The van der Waals surface area contributed by atoms with Crippen molar-refractivity contribution in [3.8, 4) is 0 Å². The standard InChI is InChI=1S/C14H25N3S/c1-9(2)13-12(8-15-4)18-14(16-13)17(5)10(3)11-6-7-11/h9-11,15H,6-8H2,1-5H3. The van der Waals surface area contributed by atoms with Crippen LogP contribution in [0.2, 0.25) is 0 Å². The summed E-state index contributed by atoms with van der Waals surface area (Å²) < 4.78 is 0. The molecule has 1 aliphatic rings. The lowest BCUT2D eigenvalue weighted by Gasteiger charge is -2.24. The number of rotatable bonds is 6. The Morgan fingerprint density at radius 2 is 2.06 bits per heavy atom. The van der Waals surface area contributed by atoms with Crippen LogP contribution in [0.25, 0.3) is 0 Å². The van der Waals surface area contributed by atoms with Gasteiger partial charge in [-0.2, -0.15) is 0 Å². The summed E-state index contributed by atoms with van der Waals surface area (Å²) in [5, 5.41) is 4.43. The second kappa shape index (κ2) is 5.57. The molecular formula is C14H25N3S. The highest BCUT2D eigenvalue weighted by Crippen LogP contribution is 2.38. The van der Waals surface area contributed by atoms with E-state index in [2.05, 4.69) is 38.0 Å². The minimum absolute atomic E-state index is 0.503. The molecule has 2 rings (SSSR count). The van der Waals surface area contributed by atoms with Gasteiger partial charge in [0.15, 0.2) is 5.13 Å². The Balaban J connectivity index is 2.19. The number of aromatic nitrogens is 1. The number of nitrogens with zero attached hydrogens (tertiary/aromatic N) is 2. The van der Waals surface area contributed by atoms with E-state index in [9.17, 15) is 0 Å². The lowest BCUT2D eigenvalue weighted by Crippen LogP contribution is -2.30. The maximum Gasteiger partial charge on any atom is 0.185 e. The van der Waals surface area contributed by atoms with Crippen molar-refractivity contribution in [1.82, 2.24) is 10.3 Å². The normalized spacial score (nSPS) is 17.2. The summed E-state index contributed by atoms with van der Waals surface area (Å²) in [6.45, 7) is 7.70. The summed E-state index contributed by atoms with van der Waals surface area (Å²) in [5.74, 6) is 1.39. The SMILES string of the molecule is CNCc1sc(N(C)C(C)C2CC2)nc1C(C)C. The van der Waals surface area contributed by atoms with Gasteiger partial charge < -0.3 is 10.2 Å². The van der Waals surface area contributed by atoms with Gasteiger partial charge >= 0.3 is 0 Å². The monoisotopic (exact) mass is 267 g/mol. The van der Waals surface area contributed by atoms with Crippen LogP contribution in [0.1, 0.15) is 50.1 Å². The molecule has 0 aromatic carbocycles. The number of hydrogen-bond acceptors (Lipinski definition) is 4. The van der Waals surface area contributed by atoms with E-state index in [1.54, 1.807) is 0 Å².